The molecule has 1 unspecified atom stereocenters. The zero-order valence-corrected chi connectivity index (χ0v) is 13.9. The molecule has 0 aliphatic carbocycles. The molecule has 1 aliphatic rings. The van der Waals surface area contributed by atoms with Crippen LogP contribution in [0.4, 0.5) is 5.82 Å². The molecule has 1 fully saturated rings. The number of nitrogens with one attached hydrogen (secondary N) is 1. The summed E-state index contributed by atoms with van der Waals surface area (Å²) in [6.45, 7) is 1.61. The topological polar surface area (TPSA) is 76.2 Å². The maximum absolute atomic E-state index is 12.4. The second kappa shape index (κ2) is 6.43. The Labute approximate surface area is 145 Å². The lowest BCUT2D eigenvalue weighted by Crippen LogP contribution is -2.37. The van der Waals surface area contributed by atoms with Crippen molar-refractivity contribution in [3.05, 3.63) is 54.4 Å². The fourth-order valence-electron chi connectivity index (χ4n) is 3.04. The van der Waals surface area contributed by atoms with Crippen LogP contribution in [0.3, 0.4) is 0 Å². The van der Waals surface area contributed by atoms with Gasteiger partial charge < -0.3 is 14.7 Å². The van der Waals surface area contributed by atoms with E-state index in [1.54, 1.807) is 10.7 Å². The molecule has 0 saturated carbocycles. The highest BCUT2D eigenvalue weighted by Gasteiger charge is 2.26. The fourth-order valence-corrected chi connectivity index (χ4v) is 3.04. The Morgan fingerprint density at radius 1 is 1.28 bits per heavy atom. The van der Waals surface area contributed by atoms with Gasteiger partial charge in [0.05, 0.1) is 0 Å². The summed E-state index contributed by atoms with van der Waals surface area (Å²) in [5.74, 6) is 0.933. The number of nitrogens with zero attached hydrogens (tertiary/aromatic N) is 4. The minimum absolute atomic E-state index is 0.0692. The third-order valence-corrected chi connectivity index (χ3v) is 4.35. The summed E-state index contributed by atoms with van der Waals surface area (Å²) >= 11 is 0. The van der Waals surface area contributed by atoms with Gasteiger partial charge in [-0.05, 0) is 6.42 Å². The molecule has 2 aromatic heterocycles. The van der Waals surface area contributed by atoms with E-state index in [0.717, 1.165) is 30.9 Å². The standard InChI is InChI=1S/C18H19N5O2/c1-22-9-8-17(20-22)23-10-7-14(12-23)19-18(24)16-11-15(21-25-16)13-5-3-2-4-6-13/h2-6,8-9,11,14H,7,10,12H2,1H3,(H,19,24). The Morgan fingerprint density at radius 3 is 2.88 bits per heavy atom. The lowest BCUT2D eigenvalue weighted by molar-refractivity contribution is 0.0903. The maximum Gasteiger partial charge on any atom is 0.290 e. The molecule has 1 saturated heterocycles. The van der Waals surface area contributed by atoms with E-state index in [0.29, 0.717) is 5.69 Å². The average molecular weight is 337 g/mol. The number of hydrogen-bond donors (Lipinski definition) is 1. The highest BCUT2D eigenvalue weighted by atomic mass is 16.5. The molecule has 1 aromatic carbocycles. The van der Waals surface area contributed by atoms with E-state index >= 15 is 0 Å². The van der Waals surface area contributed by atoms with Crippen LogP contribution >= 0.6 is 0 Å². The first kappa shape index (κ1) is 15.4. The van der Waals surface area contributed by atoms with Gasteiger partial charge in [-0.25, -0.2) is 0 Å². The molecule has 1 atom stereocenters. The summed E-state index contributed by atoms with van der Waals surface area (Å²) < 4.78 is 6.99. The molecule has 7 nitrogen and oxygen atoms in total. The number of rotatable bonds is 4. The fraction of sp³-hybridized carbons (Fsp3) is 0.278. The highest BCUT2D eigenvalue weighted by molar-refractivity contribution is 5.92. The van der Waals surface area contributed by atoms with Crippen LogP contribution in [-0.4, -0.2) is 40.0 Å². The van der Waals surface area contributed by atoms with Crippen LogP contribution in [0.15, 0.2) is 53.2 Å². The summed E-state index contributed by atoms with van der Waals surface area (Å²) in [4.78, 5) is 14.6. The predicted molar refractivity (Wildman–Crippen MR) is 93.2 cm³/mol. The molecular formula is C18H19N5O2. The largest absolute Gasteiger partial charge is 0.353 e. The first-order chi connectivity index (χ1) is 12.2. The molecule has 128 valence electrons. The summed E-state index contributed by atoms with van der Waals surface area (Å²) in [5, 5.41) is 11.4. The molecule has 3 aromatic rings. The van der Waals surface area contributed by atoms with E-state index in [1.165, 1.54) is 0 Å². The van der Waals surface area contributed by atoms with E-state index in [2.05, 4.69) is 20.5 Å². The van der Waals surface area contributed by atoms with Gasteiger partial charge in [0.15, 0.2) is 5.82 Å². The van der Waals surface area contributed by atoms with Gasteiger partial charge in [-0.2, -0.15) is 5.10 Å². The third kappa shape index (κ3) is 3.26. The Bertz CT molecular complexity index is 870. The number of anilines is 1. The van der Waals surface area contributed by atoms with E-state index < -0.39 is 0 Å². The summed E-state index contributed by atoms with van der Waals surface area (Å²) in [7, 11) is 1.90. The number of hydrogen-bond acceptors (Lipinski definition) is 5. The van der Waals surface area contributed by atoms with Gasteiger partial charge in [0.1, 0.15) is 5.69 Å². The van der Waals surface area contributed by atoms with Crippen LogP contribution in [0, 0.1) is 0 Å². The van der Waals surface area contributed by atoms with Crippen molar-refractivity contribution in [1.29, 1.82) is 0 Å². The second-order valence-corrected chi connectivity index (χ2v) is 6.20. The SMILES string of the molecule is Cn1ccc(N2CCC(NC(=O)c3cc(-c4ccccc4)no3)C2)n1. The van der Waals surface area contributed by atoms with Crippen molar-refractivity contribution in [1.82, 2.24) is 20.3 Å². The molecule has 0 spiro atoms. The quantitative estimate of drug-likeness (QED) is 0.789. The van der Waals surface area contributed by atoms with Crippen molar-refractivity contribution in [3.8, 4) is 11.3 Å². The number of aryl methyl sites for hydroxylation is 1. The van der Waals surface area contributed by atoms with Gasteiger partial charge in [0.2, 0.25) is 5.76 Å². The highest BCUT2D eigenvalue weighted by Crippen LogP contribution is 2.20. The molecule has 25 heavy (non-hydrogen) atoms. The molecule has 0 radical (unpaired) electrons. The average Bonchev–Trinajstić information content (AvgIpc) is 3.35. The van der Waals surface area contributed by atoms with Crippen LogP contribution in [0.25, 0.3) is 11.3 Å². The molecule has 0 bridgehead atoms. The Kier molecular flexibility index (Phi) is 3.97. The van der Waals surface area contributed by atoms with Crippen molar-refractivity contribution in [3.63, 3.8) is 0 Å². The normalized spacial score (nSPS) is 17.0. The van der Waals surface area contributed by atoms with Crippen LogP contribution in [0.5, 0.6) is 0 Å². The van der Waals surface area contributed by atoms with Crippen LogP contribution in [-0.2, 0) is 7.05 Å². The van der Waals surface area contributed by atoms with E-state index in [-0.39, 0.29) is 17.7 Å². The first-order valence-corrected chi connectivity index (χ1v) is 8.26. The lowest BCUT2D eigenvalue weighted by atomic mass is 10.1. The lowest BCUT2D eigenvalue weighted by Gasteiger charge is -2.15. The van der Waals surface area contributed by atoms with Crippen LogP contribution < -0.4 is 10.2 Å². The van der Waals surface area contributed by atoms with Crippen LogP contribution in [0.1, 0.15) is 17.0 Å². The maximum atomic E-state index is 12.4. The van der Waals surface area contributed by atoms with Gasteiger partial charge in [0.25, 0.3) is 5.91 Å². The number of aromatic nitrogens is 3. The smallest absolute Gasteiger partial charge is 0.290 e. The molecule has 1 N–H and O–H groups in total. The summed E-state index contributed by atoms with van der Waals surface area (Å²) in [5.41, 5.74) is 1.58. The molecule has 3 heterocycles. The number of carbonyl (C=O) groups is 1. The minimum Gasteiger partial charge on any atom is -0.353 e. The van der Waals surface area contributed by atoms with E-state index in [9.17, 15) is 4.79 Å². The van der Waals surface area contributed by atoms with E-state index in [4.69, 9.17) is 4.52 Å². The van der Waals surface area contributed by atoms with Crippen LogP contribution in [0.2, 0.25) is 0 Å². The summed E-state index contributed by atoms with van der Waals surface area (Å²) in [6, 6.07) is 13.4. The van der Waals surface area contributed by atoms with Gasteiger partial charge in [0, 0.05) is 50.1 Å². The number of carbonyl (C=O) groups excluding carboxylic acids is 1. The van der Waals surface area contributed by atoms with Crippen molar-refractivity contribution < 1.29 is 9.32 Å². The predicted octanol–water partition coefficient (Wildman–Crippen LogP) is 2.08. The van der Waals surface area contributed by atoms with E-state index in [1.807, 2.05) is 49.6 Å². The van der Waals surface area contributed by atoms with Crippen molar-refractivity contribution in [2.75, 3.05) is 18.0 Å². The van der Waals surface area contributed by atoms with Gasteiger partial charge in [-0.15, -0.1) is 0 Å². The van der Waals surface area contributed by atoms with Crippen molar-refractivity contribution >= 4 is 11.7 Å². The Balaban J connectivity index is 1.39. The minimum atomic E-state index is -0.234. The number of amides is 1. The zero-order valence-electron chi connectivity index (χ0n) is 13.9. The third-order valence-electron chi connectivity index (χ3n) is 4.35. The second-order valence-electron chi connectivity index (χ2n) is 6.20. The van der Waals surface area contributed by atoms with Gasteiger partial charge >= 0.3 is 0 Å². The Hall–Kier alpha value is -3.09. The molecular weight excluding hydrogens is 318 g/mol. The van der Waals surface area contributed by atoms with Crippen molar-refractivity contribution in [2.45, 2.75) is 12.5 Å². The van der Waals surface area contributed by atoms with Gasteiger partial charge in [-0.1, -0.05) is 35.5 Å². The Morgan fingerprint density at radius 2 is 2.12 bits per heavy atom. The molecule has 1 amide bonds. The zero-order chi connectivity index (χ0) is 17.2. The number of benzene rings is 1. The molecule has 7 heteroatoms. The van der Waals surface area contributed by atoms with Crippen molar-refractivity contribution in [2.24, 2.45) is 7.05 Å². The summed E-state index contributed by atoms with van der Waals surface area (Å²) in [6.07, 6.45) is 2.79. The van der Waals surface area contributed by atoms with Gasteiger partial charge in [-0.3, -0.25) is 9.48 Å². The molecule has 1 aliphatic heterocycles. The molecule has 4 rings (SSSR count). The first-order valence-electron chi connectivity index (χ1n) is 8.26. The monoisotopic (exact) mass is 337 g/mol.